The van der Waals surface area contributed by atoms with E-state index in [2.05, 4.69) is 5.73 Å². The summed E-state index contributed by atoms with van der Waals surface area (Å²) in [5.74, 6) is -1.59. The molecule has 0 aliphatic rings. The number of methoxy groups -OCH3 is 1. The second-order valence-electron chi connectivity index (χ2n) is 7.59. The highest BCUT2D eigenvalue weighted by atomic mass is 16.5. The van der Waals surface area contributed by atoms with Gasteiger partial charge in [-0.15, -0.1) is 0 Å². The fraction of sp³-hybridized carbons (Fsp3) is 0.400. The van der Waals surface area contributed by atoms with E-state index in [1.54, 1.807) is 0 Å². The van der Waals surface area contributed by atoms with Gasteiger partial charge in [-0.25, -0.2) is 0 Å². The Morgan fingerprint density at radius 3 is 1.73 bits per heavy atom. The quantitative estimate of drug-likeness (QED) is 0.261. The van der Waals surface area contributed by atoms with Crippen molar-refractivity contribution in [3.63, 3.8) is 0 Å². The molecule has 0 fully saturated rings. The van der Waals surface area contributed by atoms with E-state index >= 15 is 0 Å². The Bertz CT molecular complexity index is 802. The molecule has 0 aromatic heterocycles. The van der Waals surface area contributed by atoms with Crippen LogP contribution in [0.1, 0.15) is 30.4 Å². The Hall–Kier alpha value is -3.23. The number of ether oxygens (including phenoxy) is 3. The van der Waals surface area contributed by atoms with Crippen LogP contribution < -0.4 is 5.73 Å². The molecule has 2 aromatic carbocycles. The number of hydrogen-bond donors (Lipinski definition) is 1. The van der Waals surface area contributed by atoms with Crippen LogP contribution in [-0.4, -0.2) is 55.6 Å². The topological polar surface area (TPSA) is 110 Å². The predicted molar refractivity (Wildman–Crippen MR) is 121 cm³/mol. The highest BCUT2D eigenvalue weighted by Gasteiger charge is 2.30. The Morgan fingerprint density at radius 1 is 0.818 bits per heavy atom. The first-order valence-corrected chi connectivity index (χ1v) is 11.0. The van der Waals surface area contributed by atoms with Crippen LogP contribution in [0.2, 0.25) is 0 Å². The lowest BCUT2D eigenvalue weighted by Crippen LogP contribution is -2.50. The van der Waals surface area contributed by atoms with E-state index in [4.69, 9.17) is 14.2 Å². The maximum atomic E-state index is 12.6. The Labute approximate surface area is 194 Å². The van der Waals surface area contributed by atoms with Gasteiger partial charge in [0.05, 0.1) is 26.7 Å². The summed E-state index contributed by atoms with van der Waals surface area (Å²) >= 11 is 0. The molecule has 3 N–H and O–H groups in total. The molecule has 8 heteroatoms. The minimum absolute atomic E-state index is 0.108. The molecular formula is C25H33N2O6+. The standard InChI is InChI=1S/C25H32N2O6/c1-31-25(30)22(14-8-9-15-26)27(16-23(28)32-18-20-10-4-2-5-11-20)17-24(29)33-19-21-12-6-3-7-13-21/h2-7,10-13,22H,8-9,14-19,26H2,1H3/p+1. The highest BCUT2D eigenvalue weighted by Crippen LogP contribution is 2.13. The van der Waals surface area contributed by atoms with Gasteiger partial charge in [-0.3, -0.25) is 19.3 Å². The van der Waals surface area contributed by atoms with Crippen LogP contribution in [0.25, 0.3) is 0 Å². The number of carbonyl (C=O) groups is 3. The average molecular weight is 458 g/mol. The van der Waals surface area contributed by atoms with Crippen molar-refractivity contribution in [2.75, 3.05) is 26.7 Å². The van der Waals surface area contributed by atoms with Crippen LogP contribution in [0, 0.1) is 0 Å². The van der Waals surface area contributed by atoms with Crippen LogP contribution in [0.3, 0.4) is 0 Å². The van der Waals surface area contributed by atoms with Crippen molar-refractivity contribution in [3.8, 4) is 0 Å². The van der Waals surface area contributed by atoms with Crippen LogP contribution in [-0.2, 0) is 41.8 Å². The maximum Gasteiger partial charge on any atom is 0.323 e. The van der Waals surface area contributed by atoms with E-state index < -0.39 is 23.9 Å². The van der Waals surface area contributed by atoms with Crippen molar-refractivity contribution >= 4 is 17.9 Å². The van der Waals surface area contributed by atoms with E-state index in [0.29, 0.717) is 12.8 Å². The molecule has 0 saturated heterocycles. The summed E-state index contributed by atoms with van der Waals surface area (Å²) in [4.78, 5) is 39.1. The van der Waals surface area contributed by atoms with Gasteiger partial charge in [0, 0.05) is 0 Å². The lowest BCUT2D eigenvalue weighted by Gasteiger charge is -2.28. The van der Waals surface area contributed by atoms with E-state index in [1.165, 1.54) is 12.0 Å². The smallest absolute Gasteiger partial charge is 0.323 e. The van der Waals surface area contributed by atoms with Gasteiger partial charge in [0.15, 0.2) is 0 Å². The second-order valence-corrected chi connectivity index (χ2v) is 7.59. The summed E-state index contributed by atoms with van der Waals surface area (Å²) in [6.07, 6.45) is 1.95. The molecule has 2 aromatic rings. The molecule has 8 nitrogen and oxygen atoms in total. The zero-order valence-electron chi connectivity index (χ0n) is 19.1. The van der Waals surface area contributed by atoms with Gasteiger partial charge in [0.2, 0.25) is 0 Å². The van der Waals surface area contributed by atoms with E-state index in [-0.39, 0.29) is 26.3 Å². The summed E-state index contributed by atoms with van der Waals surface area (Å²) < 4.78 is 15.7. The number of hydrogen-bond acceptors (Lipinski definition) is 7. The third-order valence-corrected chi connectivity index (χ3v) is 5.04. The van der Waals surface area contributed by atoms with E-state index in [0.717, 1.165) is 24.1 Å². The molecule has 33 heavy (non-hydrogen) atoms. The number of unbranched alkanes of at least 4 members (excludes halogenated alkanes) is 1. The van der Waals surface area contributed by atoms with Crippen molar-refractivity contribution < 1.29 is 34.3 Å². The zero-order valence-corrected chi connectivity index (χ0v) is 19.1. The zero-order chi connectivity index (χ0) is 23.9. The molecule has 0 radical (unpaired) electrons. The summed E-state index contributed by atoms with van der Waals surface area (Å²) in [7, 11) is 1.29. The molecular weight excluding hydrogens is 424 g/mol. The van der Waals surface area contributed by atoms with E-state index in [9.17, 15) is 14.4 Å². The SMILES string of the molecule is COC(=O)C(CCCC[NH3+])N(CC(=O)OCc1ccccc1)CC(=O)OCc1ccccc1. The summed E-state index contributed by atoms with van der Waals surface area (Å²) in [5, 5.41) is 0. The van der Waals surface area contributed by atoms with Gasteiger partial charge < -0.3 is 19.9 Å². The second kappa shape index (κ2) is 14.8. The lowest BCUT2D eigenvalue weighted by atomic mass is 10.1. The summed E-state index contributed by atoms with van der Waals surface area (Å²) in [6.45, 7) is 0.466. The van der Waals surface area contributed by atoms with Gasteiger partial charge >= 0.3 is 17.9 Å². The average Bonchev–Trinajstić information content (AvgIpc) is 2.84. The number of carbonyl (C=O) groups excluding carboxylic acids is 3. The molecule has 0 aliphatic carbocycles. The predicted octanol–water partition coefficient (Wildman–Crippen LogP) is 1.73. The van der Waals surface area contributed by atoms with Crippen molar-refractivity contribution in [1.82, 2.24) is 4.90 Å². The lowest BCUT2D eigenvalue weighted by molar-refractivity contribution is -0.368. The maximum absolute atomic E-state index is 12.6. The largest absolute Gasteiger partial charge is 0.468 e. The molecule has 0 aliphatic heterocycles. The summed E-state index contributed by atoms with van der Waals surface area (Å²) in [6, 6.07) is 17.8. The van der Waals surface area contributed by atoms with Gasteiger partial charge in [-0.2, -0.15) is 0 Å². The molecule has 1 atom stereocenters. The third-order valence-electron chi connectivity index (χ3n) is 5.04. The first kappa shape index (κ1) is 26.0. The van der Waals surface area contributed by atoms with Crippen molar-refractivity contribution in [2.45, 2.75) is 38.5 Å². The fourth-order valence-electron chi connectivity index (χ4n) is 3.28. The number of nitrogens with zero attached hydrogens (tertiary/aromatic N) is 1. The molecule has 0 bridgehead atoms. The Balaban J connectivity index is 2.04. The van der Waals surface area contributed by atoms with Crippen LogP contribution in [0.5, 0.6) is 0 Å². The van der Waals surface area contributed by atoms with Gasteiger partial charge in [-0.05, 0) is 30.4 Å². The minimum Gasteiger partial charge on any atom is -0.468 e. The number of benzene rings is 2. The Morgan fingerprint density at radius 2 is 1.30 bits per heavy atom. The van der Waals surface area contributed by atoms with Crippen molar-refractivity contribution in [2.24, 2.45) is 0 Å². The van der Waals surface area contributed by atoms with Crippen molar-refractivity contribution in [1.29, 1.82) is 0 Å². The number of quaternary nitrogens is 1. The summed E-state index contributed by atoms with van der Waals surface area (Å²) in [5.41, 5.74) is 5.51. The van der Waals surface area contributed by atoms with Crippen LogP contribution >= 0.6 is 0 Å². The first-order chi connectivity index (χ1) is 16.0. The minimum atomic E-state index is -0.768. The van der Waals surface area contributed by atoms with Crippen molar-refractivity contribution in [3.05, 3.63) is 71.8 Å². The normalized spacial score (nSPS) is 11.6. The van der Waals surface area contributed by atoms with E-state index in [1.807, 2.05) is 60.7 Å². The number of esters is 3. The van der Waals surface area contributed by atoms with Crippen LogP contribution in [0.4, 0.5) is 0 Å². The molecule has 2 rings (SSSR count). The molecule has 178 valence electrons. The Kier molecular flexibility index (Phi) is 11.6. The monoisotopic (exact) mass is 457 g/mol. The molecule has 0 saturated carbocycles. The fourth-order valence-corrected chi connectivity index (χ4v) is 3.28. The third kappa shape index (κ3) is 9.84. The van der Waals surface area contributed by atoms with Gasteiger partial charge in [-0.1, -0.05) is 60.7 Å². The molecule has 1 unspecified atom stereocenters. The highest BCUT2D eigenvalue weighted by molar-refractivity contribution is 5.80. The van der Waals surface area contributed by atoms with Gasteiger partial charge in [0.1, 0.15) is 19.3 Å². The molecule has 0 heterocycles. The van der Waals surface area contributed by atoms with Gasteiger partial charge in [0.25, 0.3) is 0 Å². The first-order valence-electron chi connectivity index (χ1n) is 11.0. The molecule has 0 amide bonds. The molecule has 0 spiro atoms. The number of rotatable bonds is 14. The van der Waals surface area contributed by atoms with Crippen LogP contribution in [0.15, 0.2) is 60.7 Å².